The molecule has 0 bridgehead atoms. The molecule has 6 nitrogen and oxygen atoms in total. The van der Waals surface area contributed by atoms with Crippen molar-refractivity contribution in [3.8, 4) is 0 Å². The molecule has 1 atom stereocenters. The number of hydrogen-bond donors (Lipinski definition) is 0. The summed E-state index contributed by atoms with van der Waals surface area (Å²) in [7, 11) is 5.62. The van der Waals surface area contributed by atoms with Crippen molar-refractivity contribution in [1.29, 1.82) is 0 Å². The summed E-state index contributed by atoms with van der Waals surface area (Å²) in [5, 5.41) is 0. The maximum atomic E-state index is 13.1. The van der Waals surface area contributed by atoms with Crippen LogP contribution in [0.15, 0.2) is 40.8 Å². The normalized spacial score (nSPS) is 16.5. The number of carbonyl (C=O) groups excluding carboxylic acids is 1. The lowest BCUT2D eigenvalue weighted by Crippen LogP contribution is -2.36. The molecule has 0 saturated carbocycles. The molecule has 2 aromatic rings. The van der Waals surface area contributed by atoms with E-state index in [0.717, 1.165) is 30.7 Å². The van der Waals surface area contributed by atoms with Crippen LogP contribution in [0.3, 0.4) is 0 Å². The zero-order valence-electron chi connectivity index (χ0n) is 16.3. The van der Waals surface area contributed by atoms with Crippen LogP contribution in [0.5, 0.6) is 0 Å². The first-order valence-corrected chi connectivity index (χ1v) is 9.31. The van der Waals surface area contributed by atoms with E-state index in [1.54, 1.807) is 19.2 Å². The van der Waals surface area contributed by atoms with E-state index in [1.165, 1.54) is 0 Å². The van der Waals surface area contributed by atoms with Crippen LogP contribution in [0.2, 0.25) is 0 Å². The number of hydrogen-bond acceptors (Lipinski definition) is 5. The van der Waals surface area contributed by atoms with Crippen molar-refractivity contribution in [2.24, 2.45) is 0 Å². The second-order valence-corrected chi connectivity index (χ2v) is 7.08. The van der Waals surface area contributed by atoms with Crippen molar-refractivity contribution in [2.75, 3.05) is 39.3 Å². The standard InChI is InChI=1S/C21H28N2O4/c1-22(2)17-8-6-16(7-9-17)13-23(14-18-5-4-12-26-18)21(24)20-11-10-19(27-20)15-25-3/h6-11,18H,4-5,12-15H2,1-3H3. The van der Waals surface area contributed by atoms with Gasteiger partial charge in [-0.05, 0) is 42.7 Å². The third kappa shape index (κ3) is 5.11. The number of rotatable bonds is 8. The zero-order chi connectivity index (χ0) is 19.2. The van der Waals surface area contributed by atoms with Gasteiger partial charge in [0.25, 0.3) is 5.91 Å². The van der Waals surface area contributed by atoms with Gasteiger partial charge in [-0.15, -0.1) is 0 Å². The molecule has 1 amide bonds. The first-order chi connectivity index (χ1) is 13.1. The second-order valence-electron chi connectivity index (χ2n) is 7.08. The summed E-state index contributed by atoms with van der Waals surface area (Å²) in [5.41, 5.74) is 2.21. The van der Waals surface area contributed by atoms with Crippen molar-refractivity contribution in [1.82, 2.24) is 4.90 Å². The molecule has 1 saturated heterocycles. The average molecular weight is 372 g/mol. The molecule has 0 N–H and O–H groups in total. The van der Waals surface area contributed by atoms with Gasteiger partial charge in [-0.1, -0.05) is 12.1 Å². The van der Waals surface area contributed by atoms with Crippen LogP contribution in [-0.2, 0) is 22.6 Å². The fourth-order valence-corrected chi connectivity index (χ4v) is 3.24. The van der Waals surface area contributed by atoms with Crippen molar-refractivity contribution in [3.63, 3.8) is 0 Å². The molecule has 0 radical (unpaired) electrons. The maximum Gasteiger partial charge on any atom is 0.289 e. The van der Waals surface area contributed by atoms with E-state index in [9.17, 15) is 4.79 Å². The largest absolute Gasteiger partial charge is 0.453 e. The van der Waals surface area contributed by atoms with Crippen LogP contribution >= 0.6 is 0 Å². The molecule has 0 spiro atoms. The Labute approximate surface area is 160 Å². The van der Waals surface area contributed by atoms with Gasteiger partial charge in [0.15, 0.2) is 5.76 Å². The minimum absolute atomic E-state index is 0.0865. The van der Waals surface area contributed by atoms with Crippen LogP contribution in [0, 0.1) is 0 Å². The van der Waals surface area contributed by atoms with Gasteiger partial charge in [-0.2, -0.15) is 0 Å². The Morgan fingerprint density at radius 1 is 1.19 bits per heavy atom. The second kappa shape index (κ2) is 9.06. The zero-order valence-corrected chi connectivity index (χ0v) is 16.3. The summed E-state index contributed by atoms with van der Waals surface area (Å²) in [6.07, 6.45) is 2.11. The van der Waals surface area contributed by atoms with Gasteiger partial charge < -0.3 is 23.7 Å². The molecule has 1 unspecified atom stereocenters. The van der Waals surface area contributed by atoms with Gasteiger partial charge in [0.1, 0.15) is 12.4 Å². The van der Waals surface area contributed by atoms with Gasteiger partial charge in [-0.3, -0.25) is 4.79 Å². The lowest BCUT2D eigenvalue weighted by molar-refractivity contribution is 0.0479. The van der Waals surface area contributed by atoms with Crippen molar-refractivity contribution < 1.29 is 18.7 Å². The van der Waals surface area contributed by atoms with Gasteiger partial charge in [-0.25, -0.2) is 0 Å². The molecule has 1 aliphatic rings. The van der Waals surface area contributed by atoms with E-state index in [4.69, 9.17) is 13.9 Å². The van der Waals surface area contributed by atoms with Crippen LogP contribution < -0.4 is 4.90 Å². The molecular formula is C21H28N2O4. The Kier molecular flexibility index (Phi) is 6.53. The lowest BCUT2D eigenvalue weighted by Gasteiger charge is -2.25. The van der Waals surface area contributed by atoms with Crippen molar-refractivity contribution >= 4 is 11.6 Å². The van der Waals surface area contributed by atoms with E-state index in [1.807, 2.05) is 19.0 Å². The lowest BCUT2D eigenvalue weighted by atomic mass is 10.1. The highest BCUT2D eigenvalue weighted by Gasteiger charge is 2.25. The summed E-state index contributed by atoms with van der Waals surface area (Å²) in [5.74, 6) is 0.864. The number of carbonyl (C=O) groups is 1. The summed E-state index contributed by atoms with van der Waals surface area (Å²) in [6.45, 7) is 2.20. The summed E-state index contributed by atoms with van der Waals surface area (Å²) in [4.78, 5) is 16.9. The number of methoxy groups -OCH3 is 1. The number of ether oxygens (including phenoxy) is 2. The summed E-state index contributed by atoms with van der Waals surface area (Å²) in [6, 6.07) is 11.7. The van der Waals surface area contributed by atoms with Crippen LogP contribution in [0.1, 0.15) is 34.7 Å². The van der Waals surface area contributed by atoms with E-state index in [2.05, 4.69) is 29.2 Å². The summed E-state index contributed by atoms with van der Waals surface area (Å²) < 4.78 is 16.5. The fourth-order valence-electron chi connectivity index (χ4n) is 3.24. The molecule has 1 aromatic heterocycles. The highest BCUT2D eigenvalue weighted by molar-refractivity contribution is 5.91. The maximum absolute atomic E-state index is 13.1. The Balaban J connectivity index is 1.75. The number of furan rings is 1. The van der Waals surface area contributed by atoms with E-state index in [-0.39, 0.29) is 12.0 Å². The van der Waals surface area contributed by atoms with Gasteiger partial charge >= 0.3 is 0 Å². The van der Waals surface area contributed by atoms with Crippen LogP contribution in [0.25, 0.3) is 0 Å². The highest BCUT2D eigenvalue weighted by Crippen LogP contribution is 2.20. The predicted molar refractivity (Wildman–Crippen MR) is 104 cm³/mol. The van der Waals surface area contributed by atoms with Gasteiger partial charge in [0.05, 0.1) is 6.10 Å². The third-order valence-corrected chi connectivity index (χ3v) is 4.72. The first kappa shape index (κ1) is 19.5. The Morgan fingerprint density at radius 2 is 1.96 bits per heavy atom. The minimum atomic E-state index is -0.121. The van der Waals surface area contributed by atoms with Gasteiger partial charge in [0.2, 0.25) is 0 Å². The summed E-state index contributed by atoms with van der Waals surface area (Å²) >= 11 is 0. The number of amides is 1. The Bertz CT molecular complexity index is 733. The topological polar surface area (TPSA) is 55.2 Å². The molecule has 3 rings (SSSR count). The predicted octanol–water partition coefficient (Wildman–Crippen LogP) is 3.31. The molecule has 2 heterocycles. The molecule has 6 heteroatoms. The van der Waals surface area contributed by atoms with Crippen LogP contribution in [0.4, 0.5) is 5.69 Å². The average Bonchev–Trinajstić information content (AvgIpc) is 3.33. The van der Waals surface area contributed by atoms with Crippen LogP contribution in [-0.4, -0.2) is 51.3 Å². The van der Waals surface area contributed by atoms with E-state index < -0.39 is 0 Å². The number of anilines is 1. The van der Waals surface area contributed by atoms with Crippen molar-refractivity contribution in [3.05, 3.63) is 53.5 Å². The molecule has 0 aliphatic carbocycles. The molecular weight excluding hydrogens is 344 g/mol. The number of nitrogens with zero attached hydrogens (tertiary/aromatic N) is 2. The quantitative estimate of drug-likeness (QED) is 0.712. The first-order valence-electron chi connectivity index (χ1n) is 9.31. The molecule has 1 aromatic carbocycles. The molecule has 1 aliphatic heterocycles. The Morgan fingerprint density at radius 3 is 2.59 bits per heavy atom. The monoisotopic (exact) mass is 372 g/mol. The number of benzene rings is 1. The highest BCUT2D eigenvalue weighted by atomic mass is 16.5. The smallest absolute Gasteiger partial charge is 0.289 e. The van der Waals surface area contributed by atoms with E-state index >= 15 is 0 Å². The van der Waals surface area contributed by atoms with Crippen molar-refractivity contribution in [2.45, 2.75) is 32.1 Å². The molecule has 27 heavy (non-hydrogen) atoms. The SMILES string of the molecule is COCc1ccc(C(=O)N(Cc2ccc(N(C)C)cc2)CC2CCCO2)o1. The third-order valence-electron chi connectivity index (χ3n) is 4.72. The minimum Gasteiger partial charge on any atom is -0.453 e. The Hall–Kier alpha value is -2.31. The van der Waals surface area contributed by atoms with Gasteiger partial charge in [0, 0.05) is 46.6 Å². The van der Waals surface area contributed by atoms with E-state index in [0.29, 0.717) is 31.2 Å². The molecule has 146 valence electrons. The fraction of sp³-hybridized carbons (Fsp3) is 0.476. The molecule has 1 fully saturated rings.